The highest BCUT2D eigenvalue weighted by Crippen LogP contribution is 2.30. The highest BCUT2D eigenvalue weighted by atomic mass is 32.3. The predicted octanol–water partition coefficient (Wildman–Crippen LogP) is -0.914. The number of carbonyl (C=O) groups excluding carboxylic acids is 1. The second-order valence-corrected chi connectivity index (χ2v) is 5.42. The first kappa shape index (κ1) is 15.2. The van der Waals surface area contributed by atoms with Crippen LogP contribution in [0.2, 0.25) is 0 Å². The standard InChI is InChI=1S/C10H16N2O7S/c1-17-5-7-3-8(6-18-2)11-4-9(7)12(10(11)13)19-20(14,15)16/h3,8-9H,4-6H2,1-2H3,(H,14,15,16)/p-1/t8-,9-/m0/s1. The van der Waals surface area contributed by atoms with Gasteiger partial charge in [0.25, 0.3) is 0 Å². The summed E-state index contributed by atoms with van der Waals surface area (Å²) in [5, 5.41) is 0.586. The molecule has 0 aromatic carbocycles. The molecule has 0 radical (unpaired) electrons. The molecule has 2 bridgehead atoms. The molecule has 2 heterocycles. The van der Waals surface area contributed by atoms with E-state index < -0.39 is 22.5 Å². The van der Waals surface area contributed by atoms with E-state index in [9.17, 15) is 17.8 Å². The first-order valence-electron chi connectivity index (χ1n) is 5.81. The van der Waals surface area contributed by atoms with Crippen LogP contribution in [0.4, 0.5) is 4.79 Å². The molecule has 0 unspecified atom stereocenters. The molecule has 2 aliphatic rings. The van der Waals surface area contributed by atoms with Gasteiger partial charge < -0.3 is 18.9 Å². The van der Waals surface area contributed by atoms with Gasteiger partial charge in [-0.15, -0.1) is 0 Å². The van der Waals surface area contributed by atoms with Crippen LogP contribution in [0.15, 0.2) is 11.6 Å². The summed E-state index contributed by atoms with van der Waals surface area (Å²) in [7, 11) is -2.05. The summed E-state index contributed by atoms with van der Waals surface area (Å²) >= 11 is 0. The Bertz CT molecular complexity index is 518. The lowest BCUT2D eigenvalue weighted by atomic mass is 10.0. The maximum absolute atomic E-state index is 12.1. The van der Waals surface area contributed by atoms with Crippen molar-refractivity contribution in [1.29, 1.82) is 0 Å². The maximum Gasteiger partial charge on any atom is 0.346 e. The van der Waals surface area contributed by atoms with Crippen LogP contribution >= 0.6 is 0 Å². The lowest BCUT2D eigenvalue weighted by Gasteiger charge is -2.28. The molecule has 20 heavy (non-hydrogen) atoms. The quantitative estimate of drug-likeness (QED) is 0.355. The van der Waals surface area contributed by atoms with Gasteiger partial charge in [-0.05, 0) is 5.57 Å². The number of hydrogen-bond donors (Lipinski definition) is 0. The molecule has 0 N–H and O–H groups in total. The summed E-state index contributed by atoms with van der Waals surface area (Å²) in [6.45, 7) is 0.673. The zero-order chi connectivity index (χ0) is 14.9. The molecule has 2 amide bonds. The number of nitrogens with zero attached hydrogens (tertiary/aromatic N) is 2. The Morgan fingerprint density at radius 2 is 2.10 bits per heavy atom. The smallest absolute Gasteiger partial charge is 0.346 e. The third-order valence-electron chi connectivity index (χ3n) is 3.14. The Morgan fingerprint density at radius 1 is 1.40 bits per heavy atom. The van der Waals surface area contributed by atoms with E-state index >= 15 is 0 Å². The topological polar surface area (TPSA) is 108 Å². The van der Waals surface area contributed by atoms with Gasteiger partial charge in [0.15, 0.2) is 0 Å². The number of hydroxylamine groups is 2. The Kier molecular flexibility index (Phi) is 4.30. The van der Waals surface area contributed by atoms with E-state index in [1.807, 2.05) is 0 Å². The minimum atomic E-state index is -5.02. The molecule has 1 saturated heterocycles. The number of ether oxygens (including phenoxy) is 2. The number of hydrogen-bond acceptors (Lipinski definition) is 7. The van der Waals surface area contributed by atoms with Gasteiger partial charge in [-0.25, -0.2) is 13.2 Å². The number of amides is 2. The minimum Gasteiger partial charge on any atom is -0.724 e. The molecule has 0 aromatic heterocycles. The van der Waals surface area contributed by atoms with Crippen molar-refractivity contribution in [2.45, 2.75) is 12.1 Å². The second kappa shape index (κ2) is 5.66. The minimum absolute atomic E-state index is 0.199. The van der Waals surface area contributed by atoms with Crippen molar-refractivity contribution in [1.82, 2.24) is 9.96 Å². The number of fused-ring (bicyclic) bond motifs is 2. The summed E-state index contributed by atoms with van der Waals surface area (Å²) in [6.07, 6.45) is 1.76. The number of rotatable bonds is 6. The van der Waals surface area contributed by atoms with Crippen molar-refractivity contribution in [3.8, 4) is 0 Å². The van der Waals surface area contributed by atoms with Gasteiger partial charge in [-0.2, -0.15) is 9.35 Å². The van der Waals surface area contributed by atoms with Crippen LogP contribution in [-0.2, 0) is 24.2 Å². The highest BCUT2D eigenvalue weighted by Gasteiger charge is 2.47. The molecule has 0 aliphatic carbocycles. The fraction of sp³-hybridized carbons (Fsp3) is 0.700. The molecular weight excluding hydrogens is 292 g/mol. The fourth-order valence-electron chi connectivity index (χ4n) is 2.39. The van der Waals surface area contributed by atoms with Gasteiger partial charge in [-0.1, -0.05) is 6.08 Å². The summed E-state index contributed by atoms with van der Waals surface area (Å²) in [6, 6.07) is -1.69. The molecule has 9 nitrogen and oxygen atoms in total. The van der Waals surface area contributed by atoms with Crippen molar-refractivity contribution in [2.24, 2.45) is 0 Å². The van der Waals surface area contributed by atoms with Crippen molar-refractivity contribution in [3.63, 3.8) is 0 Å². The van der Waals surface area contributed by atoms with Crippen LogP contribution in [0, 0.1) is 0 Å². The van der Waals surface area contributed by atoms with E-state index in [4.69, 9.17) is 9.47 Å². The molecular formula is C10H15N2O7S-. The van der Waals surface area contributed by atoms with Gasteiger partial charge in [0, 0.05) is 14.2 Å². The van der Waals surface area contributed by atoms with Crippen molar-refractivity contribution in [3.05, 3.63) is 11.6 Å². The zero-order valence-electron chi connectivity index (χ0n) is 11.0. The predicted molar refractivity (Wildman–Crippen MR) is 64.1 cm³/mol. The number of carbonyl (C=O) groups is 1. The molecule has 2 rings (SSSR count). The molecule has 10 heteroatoms. The van der Waals surface area contributed by atoms with Crippen LogP contribution in [0.5, 0.6) is 0 Å². The van der Waals surface area contributed by atoms with Gasteiger partial charge in [-0.3, -0.25) is 0 Å². The van der Waals surface area contributed by atoms with E-state index in [2.05, 4.69) is 4.28 Å². The highest BCUT2D eigenvalue weighted by molar-refractivity contribution is 7.80. The van der Waals surface area contributed by atoms with E-state index in [1.165, 1.54) is 19.1 Å². The third kappa shape index (κ3) is 2.94. The SMILES string of the molecule is COCC1=C[C@@H](COC)N2C[C@@H]1N(OS(=O)(=O)[O-])C2=O. The van der Waals surface area contributed by atoms with E-state index in [0.717, 1.165) is 0 Å². The van der Waals surface area contributed by atoms with Crippen LogP contribution in [0.25, 0.3) is 0 Å². The Morgan fingerprint density at radius 3 is 2.65 bits per heavy atom. The van der Waals surface area contributed by atoms with Crippen LogP contribution in [-0.4, -0.2) is 75.0 Å². The maximum atomic E-state index is 12.1. The number of urea groups is 1. The monoisotopic (exact) mass is 307 g/mol. The summed E-state index contributed by atoms with van der Waals surface area (Å²) < 4.78 is 46.5. The van der Waals surface area contributed by atoms with Crippen molar-refractivity contribution >= 4 is 16.4 Å². The van der Waals surface area contributed by atoms with E-state index in [-0.39, 0.29) is 25.8 Å². The summed E-state index contributed by atoms with van der Waals surface area (Å²) in [5.41, 5.74) is 0.667. The largest absolute Gasteiger partial charge is 0.724 e. The van der Waals surface area contributed by atoms with Crippen LogP contribution in [0.1, 0.15) is 0 Å². The summed E-state index contributed by atoms with van der Waals surface area (Å²) in [5.74, 6) is 0. The molecule has 2 aliphatic heterocycles. The van der Waals surface area contributed by atoms with Crippen LogP contribution in [0.3, 0.4) is 0 Å². The Balaban J connectivity index is 2.28. The van der Waals surface area contributed by atoms with Crippen molar-refractivity contribution in [2.75, 3.05) is 34.0 Å². The van der Waals surface area contributed by atoms with Crippen molar-refractivity contribution < 1.29 is 31.5 Å². The van der Waals surface area contributed by atoms with Gasteiger partial charge >= 0.3 is 6.03 Å². The van der Waals surface area contributed by atoms with E-state index in [0.29, 0.717) is 10.6 Å². The molecule has 2 atom stereocenters. The van der Waals surface area contributed by atoms with Gasteiger partial charge in [0.05, 0.1) is 25.8 Å². The first-order valence-corrected chi connectivity index (χ1v) is 7.14. The summed E-state index contributed by atoms with van der Waals surface area (Å²) in [4.78, 5) is 13.5. The Labute approximate surface area is 116 Å². The van der Waals surface area contributed by atoms with Gasteiger partial charge in [0.2, 0.25) is 10.4 Å². The molecule has 0 saturated carbocycles. The third-order valence-corrected chi connectivity index (χ3v) is 3.48. The molecule has 1 fully saturated rings. The average Bonchev–Trinajstić information content (AvgIpc) is 2.60. The van der Waals surface area contributed by atoms with Gasteiger partial charge in [0.1, 0.15) is 6.04 Å². The fourth-order valence-corrected chi connectivity index (χ4v) is 2.76. The zero-order valence-corrected chi connectivity index (χ0v) is 11.8. The van der Waals surface area contributed by atoms with Crippen LogP contribution < -0.4 is 0 Å². The molecule has 114 valence electrons. The second-order valence-electron chi connectivity index (χ2n) is 4.46. The number of methoxy groups -OCH3 is 2. The first-order chi connectivity index (χ1) is 9.37. The molecule has 0 aromatic rings. The molecule has 0 spiro atoms. The lowest BCUT2D eigenvalue weighted by Crippen LogP contribution is -2.41. The lowest BCUT2D eigenvalue weighted by molar-refractivity contribution is -0.0250. The average molecular weight is 307 g/mol. The normalized spacial score (nSPS) is 26.1. The Hall–Kier alpha value is -1.20. The van der Waals surface area contributed by atoms with E-state index in [1.54, 1.807) is 6.08 Å².